The lowest BCUT2D eigenvalue weighted by Gasteiger charge is -2.19. The number of benzene rings is 2. The topological polar surface area (TPSA) is 81.2 Å². The first-order valence-corrected chi connectivity index (χ1v) is 8.95. The van der Waals surface area contributed by atoms with Crippen LogP contribution in [0.25, 0.3) is 10.9 Å². The van der Waals surface area contributed by atoms with Gasteiger partial charge in [-0.1, -0.05) is 18.2 Å². The first-order valence-electron chi connectivity index (χ1n) is 8.95. The van der Waals surface area contributed by atoms with Gasteiger partial charge in [0, 0.05) is 23.3 Å². The second-order valence-electron chi connectivity index (χ2n) is 6.29. The van der Waals surface area contributed by atoms with Gasteiger partial charge in [-0.3, -0.25) is 4.98 Å². The molecule has 2 aromatic carbocycles. The van der Waals surface area contributed by atoms with E-state index in [0.29, 0.717) is 30.7 Å². The Kier molecular flexibility index (Phi) is 4.10. The van der Waals surface area contributed by atoms with Crippen LogP contribution in [0, 0.1) is 0 Å². The van der Waals surface area contributed by atoms with Crippen molar-refractivity contribution in [1.82, 2.24) is 15.0 Å². The third-order valence-corrected chi connectivity index (χ3v) is 4.32. The molecule has 3 heterocycles. The molecule has 28 heavy (non-hydrogen) atoms. The van der Waals surface area contributed by atoms with Gasteiger partial charge in [0.2, 0.25) is 5.95 Å². The average Bonchev–Trinajstić information content (AvgIpc) is 2.74. The van der Waals surface area contributed by atoms with E-state index in [4.69, 9.17) is 9.47 Å². The summed E-state index contributed by atoms with van der Waals surface area (Å²) in [7, 11) is 0. The largest absolute Gasteiger partial charge is 0.486 e. The van der Waals surface area contributed by atoms with E-state index in [1.807, 2.05) is 54.6 Å². The quantitative estimate of drug-likeness (QED) is 0.554. The van der Waals surface area contributed by atoms with Crippen molar-refractivity contribution in [2.24, 2.45) is 0 Å². The minimum absolute atomic E-state index is 0.482. The first-order chi connectivity index (χ1) is 13.8. The van der Waals surface area contributed by atoms with Crippen LogP contribution in [0.4, 0.5) is 23.1 Å². The summed E-state index contributed by atoms with van der Waals surface area (Å²) >= 11 is 0. The van der Waals surface area contributed by atoms with Crippen LogP contribution in [0.2, 0.25) is 0 Å². The number of fused-ring (bicyclic) bond motifs is 2. The van der Waals surface area contributed by atoms with Crippen LogP contribution in [-0.4, -0.2) is 28.2 Å². The Hall–Kier alpha value is -3.87. The molecule has 0 bridgehead atoms. The van der Waals surface area contributed by atoms with E-state index >= 15 is 0 Å². The Morgan fingerprint density at radius 1 is 0.786 bits per heavy atom. The number of para-hydroxylation sites is 1. The second-order valence-corrected chi connectivity index (χ2v) is 6.29. The minimum Gasteiger partial charge on any atom is -0.486 e. The fourth-order valence-electron chi connectivity index (χ4n) is 3.03. The molecule has 0 atom stereocenters. The fourth-order valence-corrected chi connectivity index (χ4v) is 3.03. The summed E-state index contributed by atoms with van der Waals surface area (Å²) < 4.78 is 11.2. The Balaban J connectivity index is 1.35. The first kappa shape index (κ1) is 16.3. The molecule has 7 nitrogen and oxygen atoms in total. The molecule has 0 fully saturated rings. The van der Waals surface area contributed by atoms with Crippen LogP contribution in [0.15, 0.2) is 67.0 Å². The molecular formula is C21H17N5O2. The number of nitrogens with one attached hydrogen (secondary N) is 2. The molecular weight excluding hydrogens is 354 g/mol. The third kappa shape index (κ3) is 3.37. The summed E-state index contributed by atoms with van der Waals surface area (Å²) in [4.78, 5) is 13.3. The molecule has 0 radical (unpaired) electrons. The summed E-state index contributed by atoms with van der Waals surface area (Å²) in [6.45, 7) is 1.12. The highest BCUT2D eigenvalue weighted by molar-refractivity contribution is 5.82. The van der Waals surface area contributed by atoms with Gasteiger partial charge in [-0.25, -0.2) is 4.98 Å². The molecule has 0 spiro atoms. The van der Waals surface area contributed by atoms with Gasteiger partial charge >= 0.3 is 0 Å². The Labute approximate surface area is 161 Å². The van der Waals surface area contributed by atoms with Crippen LogP contribution in [-0.2, 0) is 0 Å². The average molecular weight is 371 g/mol. The molecule has 5 rings (SSSR count). The maximum atomic E-state index is 5.61. The van der Waals surface area contributed by atoms with Crippen molar-refractivity contribution in [2.75, 3.05) is 23.8 Å². The summed E-state index contributed by atoms with van der Waals surface area (Å²) in [6.07, 6.45) is 3.49. The SMILES string of the molecule is c1ccc2ncc(Nc3ccnc(Nc4ccc5c(c4)OCCO5)n3)cc2c1. The van der Waals surface area contributed by atoms with Gasteiger partial charge in [-0.15, -0.1) is 0 Å². The summed E-state index contributed by atoms with van der Waals surface area (Å²) in [6, 6.07) is 17.5. The highest BCUT2D eigenvalue weighted by atomic mass is 16.6. The van der Waals surface area contributed by atoms with E-state index in [2.05, 4.69) is 25.6 Å². The van der Waals surface area contributed by atoms with E-state index < -0.39 is 0 Å². The molecule has 1 aliphatic rings. The number of ether oxygens (including phenoxy) is 2. The van der Waals surface area contributed by atoms with Crippen molar-refractivity contribution >= 4 is 34.0 Å². The van der Waals surface area contributed by atoms with Crippen molar-refractivity contribution in [3.63, 3.8) is 0 Å². The fraction of sp³-hybridized carbons (Fsp3) is 0.0952. The molecule has 0 amide bonds. The van der Waals surface area contributed by atoms with Crippen molar-refractivity contribution in [1.29, 1.82) is 0 Å². The normalized spacial score (nSPS) is 12.6. The highest BCUT2D eigenvalue weighted by Gasteiger charge is 2.12. The van der Waals surface area contributed by atoms with Crippen molar-refractivity contribution in [3.8, 4) is 11.5 Å². The van der Waals surface area contributed by atoms with Gasteiger partial charge in [-0.05, 0) is 30.3 Å². The zero-order valence-electron chi connectivity index (χ0n) is 14.9. The Bertz CT molecular complexity index is 1150. The molecule has 7 heteroatoms. The van der Waals surface area contributed by atoms with Crippen LogP contribution in [0.5, 0.6) is 11.5 Å². The predicted octanol–water partition coefficient (Wildman–Crippen LogP) is 4.28. The number of hydrogen-bond donors (Lipinski definition) is 2. The van der Waals surface area contributed by atoms with E-state index in [1.165, 1.54) is 0 Å². The lowest BCUT2D eigenvalue weighted by atomic mass is 10.2. The molecule has 0 saturated heterocycles. The standard InChI is InChI=1S/C21H17N5O2/c1-2-4-17-14(3-1)11-16(13-23-17)24-20-7-8-22-21(26-20)25-15-5-6-18-19(12-15)28-10-9-27-18/h1-8,11-13H,9-10H2,(H2,22,24,25,26). The zero-order valence-corrected chi connectivity index (χ0v) is 14.9. The smallest absolute Gasteiger partial charge is 0.229 e. The van der Waals surface area contributed by atoms with Crippen LogP contribution < -0.4 is 20.1 Å². The van der Waals surface area contributed by atoms with Gasteiger partial charge in [0.1, 0.15) is 19.0 Å². The van der Waals surface area contributed by atoms with Gasteiger partial charge in [0.25, 0.3) is 0 Å². The molecule has 2 aromatic heterocycles. The van der Waals surface area contributed by atoms with E-state index in [1.54, 1.807) is 12.4 Å². The van der Waals surface area contributed by atoms with Gasteiger partial charge in [0.15, 0.2) is 11.5 Å². The van der Waals surface area contributed by atoms with E-state index in [0.717, 1.165) is 28.0 Å². The summed E-state index contributed by atoms with van der Waals surface area (Å²) in [5, 5.41) is 7.54. The van der Waals surface area contributed by atoms with Crippen LogP contribution in [0.1, 0.15) is 0 Å². The van der Waals surface area contributed by atoms with Gasteiger partial charge in [0.05, 0.1) is 17.4 Å². The van der Waals surface area contributed by atoms with Crippen LogP contribution >= 0.6 is 0 Å². The number of nitrogens with zero attached hydrogens (tertiary/aromatic N) is 3. The maximum absolute atomic E-state index is 5.61. The molecule has 0 saturated carbocycles. The van der Waals surface area contributed by atoms with E-state index in [9.17, 15) is 0 Å². The molecule has 0 unspecified atom stereocenters. The van der Waals surface area contributed by atoms with Crippen molar-refractivity contribution < 1.29 is 9.47 Å². The Morgan fingerprint density at radius 3 is 2.64 bits per heavy atom. The monoisotopic (exact) mass is 371 g/mol. The summed E-state index contributed by atoms with van der Waals surface area (Å²) in [5.41, 5.74) is 2.65. The maximum Gasteiger partial charge on any atom is 0.229 e. The number of aromatic nitrogens is 3. The third-order valence-electron chi connectivity index (χ3n) is 4.32. The molecule has 4 aromatic rings. The number of pyridine rings is 1. The number of anilines is 4. The second kappa shape index (κ2) is 7.03. The van der Waals surface area contributed by atoms with Gasteiger partial charge in [-0.2, -0.15) is 4.98 Å². The minimum atomic E-state index is 0.482. The Morgan fingerprint density at radius 2 is 1.68 bits per heavy atom. The summed E-state index contributed by atoms with van der Waals surface area (Å²) in [5.74, 6) is 2.62. The van der Waals surface area contributed by atoms with Crippen LogP contribution in [0.3, 0.4) is 0 Å². The zero-order chi connectivity index (χ0) is 18.8. The number of rotatable bonds is 4. The lowest BCUT2D eigenvalue weighted by molar-refractivity contribution is 0.171. The lowest BCUT2D eigenvalue weighted by Crippen LogP contribution is -2.15. The predicted molar refractivity (Wildman–Crippen MR) is 108 cm³/mol. The highest BCUT2D eigenvalue weighted by Crippen LogP contribution is 2.33. The van der Waals surface area contributed by atoms with E-state index in [-0.39, 0.29) is 0 Å². The van der Waals surface area contributed by atoms with Crippen molar-refractivity contribution in [3.05, 3.63) is 67.0 Å². The molecule has 1 aliphatic heterocycles. The van der Waals surface area contributed by atoms with Gasteiger partial charge < -0.3 is 20.1 Å². The molecule has 138 valence electrons. The molecule has 0 aliphatic carbocycles. The molecule has 2 N–H and O–H groups in total. The number of hydrogen-bond acceptors (Lipinski definition) is 7. The van der Waals surface area contributed by atoms with Crippen molar-refractivity contribution in [2.45, 2.75) is 0 Å².